The summed E-state index contributed by atoms with van der Waals surface area (Å²) in [4.78, 5) is 6.61. The molecule has 0 aliphatic rings. The van der Waals surface area contributed by atoms with Gasteiger partial charge >= 0.3 is 0 Å². The van der Waals surface area contributed by atoms with Crippen LogP contribution < -0.4 is 5.73 Å². The maximum absolute atomic E-state index is 6.21. The molecule has 1 rings (SSSR count). The van der Waals surface area contributed by atoms with E-state index in [2.05, 4.69) is 36.7 Å². The van der Waals surface area contributed by atoms with Gasteiger partial charge in [-0.05, 0) is 24.5 Å². The van der Waals surface area contributed by atoms with Gasteiger partial charge in [-0.2, -0.15) is 0 Å². The van der Waals surface area contributed by atoms with Crippen LogP contribution in [0.15, 0.2) is 24.5 Å². The second-order valence-corrected chi connectivity index (χ2v) is 5.47. The Morgan fingerprint density at radius 3 is 2.58 bits per heavy atom. The molecule has 0 aromatic carbocycles. The fraction of sp³-hybridized carbons (Fsp3) is 0.667. The summed E-state index contributed by atoms with van der Waals surface area (Å²) >= 11 is 0. The first-order valence-electron chi connectivity index (χ1n) is 6.94. The standard InChI is InChI=1S/C15H27N3O/c1-12(2)11-18(8-9-19-4)15(13(3)16)14-6-5-7-17-10-14/h5-7,10,12-13,15H,8-9,11,16H2,1-4H3. The zero-order valence-corrected chi connectivity index (χ0v) is 12.5. The number of rotatable bonds is 8. The van der Waals surface area contributed by atoms with Crippen molar-refractivity contribution in [3.8, 4) is 0 Å². The molecule has 19 heavy (non-hydrogen) atoms. The smallest absolute Gasteiger partial charge is 0.0589 e. The Kier molecular flexibility index (Phi) is 6.99. The average molecular weight is 265 g/mol. The molecule has 0 saturated heterocycles. The molecule has 0 radical (unpaired) electrons. The summed E-state index contributed by atoms with van der Waals surface area (Å²) in [5.41, 5.74) is 7.38. The molecule has 0 aliphatic carbocycles. The van der Waals surface area contributed by atoms with E-state index in [0.29, 0.717) is 5.92 Å². The first kappa shape index (κ1) is 16.1. The third-order valence-corrected chi connectivity index (χ3v) is 3.10. The third-order valence-electron chi connectivity index (χ3n) is 3.10. The van der Waals surface area contributed by atoms with Crippen molar-refractivity contribution in [2.45, 2.75) is 32.9 Å². The highest BCUT2D eigenvalue weighted by atomic mass is 16.5. The van der Waals surface area contributed by atoms with E-state index in [1.807, 2.05) is 12.3 Å². The maximum atomic E-state index is 6.21. The van der Waals surface area contributed by atoms with Crippen LogP contribution in [-0.4, -0.2) is 42.7 Å². The van der Waals surface area contributed by atoms with Crippen molar-refractivity contribution in [3.05, 3.63) is 30.1 Å². The number of hydrogen-bond acceptors (Lipinski definition) is 4. The molecular weight excluding hydrogens is 238 g/mol. The van der Waals surface area contributed by atoms with Crippen molar-refractivity contribution >= 4 is 0 Å². The van der Waals surface area contributed by atoms with Gasteiger partial charge in [0.2, 0.25) is 0 Å². The molecule has 2 unspecified atom stereocenters. The SMILES string of the molecule is COCCN(CC(C)C)C(c1cccnc1)C(C)N. The molecule has 0 bridgehead atoms. The van der Waals surface area contributed by atoms with Crippen LogP contribution in [0.1, 0.15) is 32.4 Å². The Bertz CT molecular complexity index is 341. The van der Waals surface area contributed by atoms with Crippen LogP contribution in [0.5, 0.6) is 0 Å². The zero-order chi connectivity index (χ0) is 14.3. The van der Waals surface area contributed by atoms with E-state index in [1.165, 1.54) is 5.56 Å². The monoisotopic (exact) mass is 265 g/mol. The van der Waals surface area contributed by atoms with E-state index < -0.39 is 0 Å². The number of methoxy groups -OCH3 is 1. The van der Waals surface area contributed by atoms with Crippen molar-refractivity contribution in [3.63, 3.8) is 0 Å². The molecular formula is C15H27N3O. The summed E-state index contributed by atoms with van der Waals surface area (Å²) in [6.07, 6.45) is 3.71. The lowest BCUT2D eigenvalue weighted by Crippen LogP contribution is -2.42. The summed E-state index contributed by atoms with van der Waals surface area (Å²) in [7, 11) is 1.73. The van der Waals surface area contributed by atoms with E-state index in [1.54, 1.807) is 13.3 Å². The number of nitrogens with zero attached hydrogens (tertiary/aromatic N) is 2. The van der Waals surface area contributed by atoms with Gasteiger partial charge in [-0.25, -0.2) is 0 Å². The van der Waals surface area contributed by atoms with Crippen LogP contribution in [0.2, 0.25) is 0 Å². The summed E-state index contributed by atoms with van der Waals surface area (Å²) < 4.78 is 5.22. The number of nitrogens with two attached hydrogens (primary N) is 1. The quantitative estimate of drug-likeness (QED) is 0.782. The highest BCUT2D eigenvalue weighted by Crippen LogP contribution is 2.23. The van der Waals surface area contributed by atoms with Gasteiger partial charge in [-0.3, -0.25) is 9.88 Å². The second kappa shape index (κ2) is 8.25. The summed E-state index contributed by atoms with van der Waals surface area (Å²) in [5.74, 6) is 0.592. The molecule has 108 valence electrons. The normalized spacial score (nSPS) is 14.9. The predicted octanol–water partition coefficient (Wildman–Crippen LogP) is 2.07. The minimum Gasteiger partial charge on any atom is -0.383 e. The highest BCUT2D eigenvalue weighted by Gasteiger charge is 2.24. The third kappa shape index (κ3) is 5.27. The van der Waals surface area contributed by atoms with E-state index in [9.17, 15) is 0 Å². The lowest BCUT2D eigenvalue weighted by Gasteiger charge is -2.35. The maximum Gasteiger partial charge on any atom is 0.0589 e. The highest BCUT2D eigenvalue weighted by molar-refractivity contribution is 5.16. The van der Waals surface area contributed by atoms with Gasteiger partial charge in [0.05, 0.1) is 12.6 Å². The topological polar surface area (TPSA) is 51.4 Å². The van der Waals surface area contributed by atoms with Crippen molar-refractivity contribution in [2.24, 2.45) is 11.7 Å². The molecule has 2 atom stereocenters. The first-order chi connectivity index (χ1) is 9.06. The van der Waals surface area contributed by atoms with Gasteiger partial charge in [0.1, 0.15) is 0 Å². The van der Waals surface area contributed by atoms with Crippen molar-refractivity contribution < 1.29 is 4.74 Å². The Labute approximate surface area is 117 Å². The van der Waals surface area contributed by atoms with Gasteiger partial charge in [0, 0.05) is 38.6 Å². The number of aromatic nitrogens is 1. The summed E-state index contributed by atoms with van der Waals surface area (Å²) in [6.45, 7) is 9.11. The molecule has 2 N–H and O–H groups in total. The first-order valence-corrected chi connectivity index (χ1v) is 6.94. The molecule has 1 heterocycles. The predicted molar refractivity (Wildman–Crippen MR) is 78.9 cm³/mol. The van der Waals surface area contributed by atoms with Crippen LogP contribution in [0.3, 0.4) is 0 Å². The fourth-order valence-electron chi connectivity index (χ4n) is 2.42. The molecule has 0 fully saturated rings. The molecule has 0 amide bonds. The van der Waals surface area contributed by atoms with Gasteiger partial charge in [-0.15, -0.1) is 0 Å². The van der Waals surface area contributed by atoms with Gasteiger partial charge in [0.15, 0.2) is 0 Å². The van der Waals surface area contributed by atoms with Gasteiger partial charge < -0.3 is 10.5 Å². The van der Waals surface area contributed by atoms with Crippen LogP contribution in [-0.2, 0) is 4.74 Å². The summed E-state index contributed by atoms with van der Waals surface area (Å²) in [5, 5.41) is 0. The molecule has 1 aromatic rings. The van der Waals surface area contributed by atoms with E-state index in [4.69, 9.17) is 10.5 Å². The molecule has 0 saturated carbocycles. The Morgan fingerprint density at radius 1 is 1.37 bits per heavy atom. The lowest BCUT2D eigenvalue weighted by molar-refractivity contribution is 0.101. The lowest BCUT2D eigenvalue weighted by atomic mass is 9.99. The number of pyridine rings is 1. The minimum absolute atomic E-state index is 0.0554. The van der Waals surface area contributed by atoms with Gasteiger partial charge in [-0.1, -0.05) is 19.9 Å². The van der Waals surface area contributed by atoms with Crippen LogP contribution in [0, 0.1) is 5.92 Å². The Morgan fingerprint density at radius 2 is 2.11 bits per heavy atom. The van der Waals surface area contributed by atoms with Crippen molar-refractivity contribution in [2.75, 3.05) is 26.8 Å². The minimum atomic E-state index is 0.0554. The van der Waals surface area contributed by atoms with Gasteiger partial charge in [0.25, 0.3) is 0 Å². The molecule has 4 nitrogen and oxygen atoms in total. The van der Waals surface area contributed by atoms with Crippen LogP contribution in [0.25, 0.3) is 0 Å². The molecule has 0 spiro atoms. The summed E-state index contributed by atoms with van der Waals surface area (Å²) in [6, 6.07) is 4.31. The Hall–Kier alpha value is -0.970. The van der Waals surface area contributed by atoms with Crippen molar-refractivity contribution in [1.82, 2.24) is 9.88 Å². The van der Waals surface area contributed by atoms with Crippen LogP contribution in [0.4, 0.5) is 0 Å². The van der Waals surface area contributed by atoms with E-state index >= 15 is 0 Å². The Balaban J connectivity index is 2.91. The zero-order valence-electron chi connectivity index (χ0n) is 12.5. The number of ether oxygens (including phenoxy) is 1. The second-order valence-electron chi connectivity index (χ2n) is 5.47. The molecule has 1 aromatic heterocycles. The van der Waals surface area contributed by atoms with Crippen molar-refractivity contribution in [1.29, 1.82) is 0 Å². The number of hydrogen-bond donors (Lipinski definition) is 1. The average Bonchev–Trinajstić information content (AvgIpc) is 2.36. The fourth-order valence-corrected chi connectivity index (χ4v) is 2.42. The van der Waals surface area contributed by atoms with Crippen LogP contribution >= 0.6 is 0 Å². The largest absolute Gasteiger partial charge is 0.383 e. The molecule has 0 aliphatic heterocycles. The van der Waals surface area contributed by atoms with E-state index in [-0.39, 0.29) is 12.1 Å². The molecule has 4 heteroatoms. The van der Waals surface area contributed by atoms with E-state index in [0.717, 1.165) is 19.7 Å².